The maximum Gasteiger partial charge on any atom is 0.277 e. The molecule has 1 amide bonds. The zero-order valence-electron chi connectivity index (χ0n) is 15.9. The maximum absolute atomic E-state index is 12.4. The Kier molecular flexibility index (Phi) is 6.27. The smallest absolute Gasteiger partial charge is 0.277 e. The summed E-state index contributed by atoms with van der Waals surface area (Å²) in [4.78, 5) is 14.6. The Morgan fingerprint density at radius 3 is 2.64 bits per heavy atom. The van der Waals surface area contributed by atoms with Gasteiger partial charge in [-0.1, -0.05) is 40.5 Å². The Morgan fingerprint density at radius 2 is 2.00 bits per heavy atom. The van der Waals surface area contributed by atoms with Gasteiger partial charge in [-0.3, -0.25) is 4.79 Å². The minimum atomic E-state index is -0.370. The molecule has 1 unspecified atom stereocenters. The van der Waals surface area contributed by atoms with E-state index in [9.17, 15) is 4.79 Å². The molecular formula is C21H21Cl2N3O2. The van der Waals surface area contributed by atoms with E-state index >= 15 is 0 Å². The second-order valence-corrected chi connectivity index (χ2v) is 7.30. The number of hydrogen-bond donors (Lipinski definition) is 1. The summed E-state index contributed by atoms with van der Waals surface area (Å²) in [5.74, 6) is 0.199. The summed E-state index contributed by atoms with van der Waals surface area (Å²) in [6.45, 7) is 6.71. The van der Waals surface area contributed by atoms with E-state index in [1.165, 1.54) is 0 Å². The van der Waals surface area contributed by atoms with Crippen molar-refractivity contribution in [2.75, 3.05) is 16.8 Å². The molecule has 146 valence electrons. The van der Waals surface area contributed by atoms with Crippen LogP contribution in [0.1, 0.15) is 41.7 Å². The van der Waals surface area contributed by atoms with Crippen molar-refractivity contribution >= 4 is 40.5 Å². The Bertz CT molecular complexity index is 987. The highest BCUT2D eigenvalue weighted by Crippen LogP contribution is 2.32. The zero-order valence-corrected chi connectivity index (χ0v) is 17.4. The van der Waals surface area contributed by atoms with Gasteiger partial charge >= 0.3 is 0 Å². The number of hydrogen-bond acceptors (Lipinski definition) is 4. The fraction of sp³-hybridized carbons (Fsp3) is 0.238. The van der Waals surface area contributed by atoms with Crippen molar-refractivity contribution in [3.8, 4) is 0 Å². The molecule has 5 nitrogen and oxygen atoms in total. The standard InChI is InChI=1S/C21H21Cl2N3O2/c1-4-26(17-7-5-6-16(22)12-17)14(3)15-8-9-18(23)19(11-15)24-21(27)20-10-13(2)28-25-20/h5-12,14H,4H2,1-3H3,(H,24,27). The number of halogens is 2. The highest BCUT2D eigenvalue weighted by molar-refractivity contribution is 6.34. The molecule has 28 heavy (non-hydrogen) atoms. The molecule has 1 N–H and O–H groups in total. The minimum Gasteiger partial charge on any atom is -0.365 e. The highest BCUT2D eigenvalue weighted by Gasteiger charge is 2.18. The number of benzene rings is 2. The third-order valence-electron chi connectivity index (χ3n) is 4.53. The number of nitrogens with zero attached hydrogens (tertiary/aromatic N) is 2. The van der Waals surface area contributed by atoms with E-state index in [1.54, 1.807) is 19.1 Å². The van der Waals surface area contributed by atoms with Gasteiger partial charge in [-0.25, -0.2) is 0 Å². The van der Waals surface area contributed by atoms with Crippen LogP contribution in [0.25, 0.3) is 0 Å². The average molecular weight is 418 g/mol. The summed E-state index contributed by atoms with van der Waals surface area (Å²) in [6, 6.07) is 15.0. The van der Waals surface area contributed by atoms with Gasteiger partial charge in [0.05, 0.1) is 16.8 Å². The SMILES string of the molecule is CCN(c1cccc(Cl)c1)C(C)c1ccc(Cl)c(NC(=O)c2cc(C)on2)c1. The number of amides is 1. The molecule has 1 atom stereocenters. The molecule has 0 fully saturated rings. The molecule has 0 aliphatic carbocycles. The number of aryl methyl sites for hydroxylation is 1. The molecule has 7 heteroatoms. The largest absolute Gasteiger partial charge is 0.365 e. The molecule has 0 spiro atoms. The Hall–Kier alpha value is -2.50. The molecule has 0 saturated carbocycles. The second-order valence-electron chi connectivity index (χ2n) is 6.46. The zero-order chi connectivity index (χ0) is 20.3. The van der Waals surface area contributed by atoms with Crippen LogP contribution in [0.2, 0.25) is 10.0 Å². The molecule has 1 aromatic heterocycles. The van der Waals surface area contributed by atoms with Gasteiger partial charge in [0.2, 0.25) is 0 Å². The topological polar surface area (TPSA) is 58.4 Å². The molecule has 0 saturated heterocycles. The lowest BCUT2D eigenvalue weighted by Crippen LogP contribution is -2.26. The molecule has 0 radical (unpaired) electrons. The second kappa shape index (κ2) is 8.67. The predicted octanol–water partition coefficient (Wildman–Crippen LogP) is 6.13. The van der Waals surface area contributed by atoms with Crippen LogP contribution < -0.4 is 10.2 Å². The van der Waals surface area contributed by atoms with Gasteiger partial charge in [0, 0.05) is 23.3 Å². The van der Waals surface area contributed by atoms with Crippen LogP contribution in [0.4, 0.5) is 11.4 Å². The van der Waals surface area contributed by atoms with Crippen molar-refractivity contribution in [2.45, 2.75) is 26.8 Å². The molecule has 1 heterocycles. The van der Waals surface area contributed by atoms with Gasteiger partial charge in [0.25, 0.3) is 5.91 Å². The summed E-state index contributed by atoms with van der Waals surface area (Å²) in [7, 11) is 0. The third-order valence-corrected chi connectivity index (χ3v) is 5.09. The molecule has 0 aliphatic heterocycles. The van der Waals surface area contributed by atoms with E-state index < -0.39 is 0 Å². The van der Waals surface area contributed by atoms with Crippen molar-refractivity contribution < 1.29 is 9.32 Å². The Balaban J connectivity index is 1.86. The number of carbonyl (C=O) groups excluding carboxylic acids is 1. The third kappa shape index (κ3) is 4.49. The van der Waals surface area contributed by atoms with E-state index in [0.717, 1.165) is 17.8 Å². The number of aromatic nitrogens is 1. The quantitative estimate of drug-likeness (QED) is 0.523. The maximum atomic E-state index is 12.4. The fourth-order valence-corrected chi connectivity index (χ4v) is 3.42. The van der Waals surface area contributed by atoms with Gasteiger partial charge in [0.15, 0.2) is 5.69 Å². The molecular weight excluding hydrogens is 397 g/mol. The van der Waals surface area contributed by atoms with Gasteiger partial charge < -0.3 is 14.7 Å². The van der Waals surface area contributed by atoms with Crippen molar-refractivity contribution in [3.63, 3.8) is 0 Å². The summed E-state index contributed by atoms with van der Waals surface area (Å²) in [6.07, 6.45) is 0. The minimum absolute atomic E-state index is 0.0469. The van der Waals surface area contributed by atoms with E-state index in [0.29, 0.717) is 21.5 Å². The molecule has 3 aromatic rings. The summed E-state index contributed by atoms with van der Waals surface area (Å²) >= 11 is 12.5. The van der Waals surface area contributed by atoms with Crippen LogP contribution in [-0.4, -0.2) is 17.6 Å². The van der Waals surface area contributed by atoms with Gasteiger partial charge in [0.1, 0.15) is 5.76 Å². The van der Waals surface area contributed by atoms with E-state index in [4.69, 9.17) is 27.7 Å². The van der Waals surface area contributed by atoms with Crippen LogP contribution in [0, 0.1) is 6.92 Å². The summed E-state index contributed by atoms with van der Waals surface area (Å²) in [5.41, 5.74) is 2.78. The lowest BCUT2D eigenvalue weighted by molar-refractivity contribution is 0.101. The van der Waals surface area contributed by atoms with Crippen LogP contribution >= 0.6 is 23.2 Å². The lowest BCUT2D eigenvalue weighted by atomic mass is 10.0. The van der Waals surface area contributed by atoms with E-state index in [2.05, 4.69) is 29.2 Å². The number of anilines is 2. The van der Waals surface area contributed by atoms with Crippen molar-refractivity contribution in [3.05, 3.63) is 75.6 Å². The van der Waals surface area contributed by atoms with Crippen molar-refractivity contribution in [2.24, 2.45) is 0 Å². The predicted molar refractivity (Wildman–Crippen MR) is 114 cm³/mol. The number of carbonyl (C=O) groups is 1. The van der Waals surface area contributed by atoms with Gasteiger partial charge in [-0.05, 0) is 56.7 Å². The monoisotopic (exact) mass is 417 g/mol. The van der Waals surface area contributed by atoms with Crippen LogP contribution in [0.5, 0.6) is 0 Å². The first-order valence-corrected chi connectivity index (χ1v) is 9.71. The van der Waals surface area contributed by atoms with Gasteiger partial charge in [-0.2, -0.15) is 0 Å². The number of rotatable bonds is 6. The first kappa shape index (κ1) is 20.2. The summed E-state index contributed by atoms with van der Waals surface area (Å²) < 4.78 is 4.96. The van der Waals surface area contributed by atoms with Crippen LogP contribution in [-0.2, 0) is 0 Å². The molecule has 2 aromatic carbocycles. The lowest BCUT2D eigenvalue weighted by Gasteiger charge is -2.31. The number of nitrogens with one attached hydrogen (secondary N) is 1. The Labute approximate surface area is 174 Å². The van der Waals surface area contributed by atoms with Crippen molar-refractivity contribution in [1.82, 2.24) is 5.16 Å². The normalized spacial score (nSPS) is 11.9. The first-order valence-electron chi connectivity index (χ1n) is 8.95. The van der Waals surface area contributed by atoms with Crippen LogP contribution in [0.15, 0.2) is 53.1 Å². The first-order chi connectivity index (χ1) is 13.4. The highest BCUT2D eigenvalue weighted by atomic mass is 35.5. The van der Waals surface area contributed by atoms with Crippen molar-refractivity contribution in [1.29, 1.82) is 0 Å². The Morgan fingerprint density at radius 1 is 1.21 bits per heavy atom. The molecule has 0 aliphatic rings. The fourth-order valence-electron chi connectivity index (χ4n) is 3.07. The molecule has 0 bridgehead atoms. The van der Waals surface area contributed by atoms with Crippen LogP contribution in [0.3, 0.4) is 0 Å². The van der Waals surface area contributed by atoms with E-state index in [1.807, 2.05) is 36.4 Å². The molecule has 3 rings (SSSR count). The van der Waals surface area contributed by atoms with E-state index in [-0.39, 0.29) is 17.6 Å². The van der Waals surface area contributed by atoms with Gasteiger partial charge in [-0.15, -0.1) is 0 Å². The average Bonchev–Trinajstić information content (AvgIpc) is 3.10. The summed E-state index contributed by atoms with van der Waals surface area (Å²) in [5, 5.41) is 7.69.